The SMILES string of the molecule is C/C(=N\N(C)c1cc(C)nc(-c2ccccc2O)n1)c1ccccc1. The van der Waals surface area contributed by atoms with Gasteiger partial charge in [0.1, 0.15) is 5.75 Å². The first-order valence-corrected chi connectivity index (χ1v) is 8.03. The Morgan fingerprint density at radius 1 is 1.00 bits per heavy atom. The third-order valence-electron chi connectivity index (χ3n) is 3.81. The van der Waals surface area contributed by atoms with E-state index >= 15 is 0 Å². The summed E-state index contributed by atoms with van der Waals surface area (Å²) >= 11 is 0. The van der Waals surface area contributed by atoms with Crippen molar-refractivity contribution in [2.24, 2.45) is 5.10 Å². The Hall–Kier alpha value is -3.21. The van der Waals surface area contributed by atoms with Gasteiger partial charge in [0.2, 0.25) is 0 Å². The predicted octanol–water partition coefficient (Wildman–Crippen LogP) is 4.02. The fraction of sp³-hybridized carbons (Fsp3) is 0.150. The van der Waals surface area contributed by atoms with Crippen LogP contribution in [0.25, 0.3) is 11.4 Å². The first-order valence-electron chi connectivity index (χ1n) is 8.03. The minimum Gasteiger partial charge on any atom is -0.507 e. The molecule has 0 spiro atoms. The molecular formula is C20H20N4O. The highest BCUT2D eigenvalue weighted by Crippen LogP contribution is 2.27. The normalized spacial score (nSPS) is 11.4. The van der Waals surface area contributed by atoms with E-state index in [-0.39, 0.29) is 5.75 Å². The van der Waals surface area contributed by atoms with Crippen molar-refractivity contribution >= 4 is 11.5 Å². The van der Waals surface area contributed by atoms with Crippen LogP contribution in [0.1, 0.15) is 18.2 Å². The summed E-state index contributed by atoms with van der Waals surface area (Å²) in [7, 11) is 1.85. The quantitative estimate of drug-likeness (QED) is 0.579. The van der Waals surface area contributed by atoms with Crippen molar-refractivity contribution in [2.75, 3.05) is 12.1 Å². The summed E-state index contributed by atoms with van der Waals surface area (Å²) in [6, 6.07) is 18.9. The highest BCUT2D eigenvalue weighted by Gasteiger charge is 2.11. The summed E-state index contributed by atoms with van der Waals surface area (Å²) in [5, 5.41) is 16.4. The molecule has 0 amide bonds. The van der Waals surface area contributed by atoms with Crippen LogP contribution in [-0.4, -0.2) is 27.8 Å². The van der Waals surface area contributed by atoms with Gasteiger partial charge in [-0.05, 0) is 31.5 Å². The van der Waals surface area contributed by atoms with Gasteiger partial charge in [-0.1, -0.05) is 42.5 Å². The number of nitrogens with zero attached hydrogens (tertiary/aromatic N) is 4. The molecule has 0 aliphatic rings. The molecule has 126 valence electrons. The number of rotatable bonds is 4. The number of hydrazone groups is 1. The second-order valence-electron chi connectivity index (χ2n) is 5.78. The van der Waals surface area contributed by atoms with Crippen molar-refractivity contribution in [3.05, 3.63) is 71.9 Å². The van der Waals surface area contributed by atoms with Crippen molar-refractivity contribution in [3.63, 3.8) is 0 Å². The standard InChI is InChI=1S/C20H20N4O/c1-14-13-19(22-20(21-14)17-11-7-8-12-18(17)25)24(3)23-15(2)16-9-5-4-6-10-16/h4-13,25H,1-3H3/b23-15+. The number of aromatic hydroxyl groups is 1. The predicted molar refractivity (Wildman–Crippen MR) is 101 cm³/mol. The zero-order chi connectivity index (χ0) is 17.8. The van der Waals surface area contributed by atoms with Crippen LogP contribution in [-0.2, 0) is 0 Å². The van der Waals surface area contributed by atoms with Gasteiger partial charge in [0.15, 0.2) is 11.6 Å². The van der Waals surface area contributed by atoms with Gasteiger partial charge in [-0.25, -0.2) is 9.97 Å². The van der Waals surface area contributed by atoms with Gasteiger partial charge in [0.25, 0.3) is 0 Å². The van der Waals surface area contributed by atoms with E-state index in [4.69, 9.17) is 0 Å². The zero-order valence-corrected chi connectivity index (χ0v) is 14.5. The molecule has 3 rings (SSSR count). The highest BCUT2D eigenvalue weighted by atomic mass is 16.3. The summed E-state index contributed by atoms with van der Waals surface area (Å²) in [4.78, 5) is 9.00. The Kier molecular flexibility index (Phi) is 4.75. The lowest BCUT2D eigenvalue weighted by molar-refractivity contribution is 0.477. The molecule has 1 N–H and O–H groups in total. The highest BCUT2D eigenvalue weighted by molar-refractivity contribution is 5.99. The molecule has 5 nitrogen and oxygen atoms in total. The average molecular weight is 332 g/mol. The maximum atomic E-state index is 10.1. The average Bonchev–Trinajstić information content (AvgIpc) is 2.62. The Morgan fingerprint density at radius 2 is 1.68 bits per heavy atom. The molecule has 0 aliphatic heterocycles. The Labute approximate surface area is 147 Å². The molecule has 1 aromatic heterocycles. The van der Waals surface area contributed by atoms with Crippen LogP contribution in [0.4, 0.5) is 5.82 Å². The van der Waals surface area contributed by atoms with Crippen LogP contribution in [0.3, 0.4) is 0 Å². The van der Waals surface area contributed by atoms with Gasteiger partial charge in [-0.3, -0.25) is 5.01 Å². The van der Waals surface area contributed by atoms with E-state index in [1.165, 1.54) is 0 Å². The van der Waals surface area contributed by atoms with Crippen LogP contribution < -0.4 is 5.01 Å². The van der Waals surface area contributed by atoms with E-state index in [2.05, 4.69) is 15.1 Å². The lowest BCUT2D eigenvalue weighted by atomic mass is 10.1. The fourth-order valence-electron chi connectivity index (χ4n) is 2.51. The van der Waals surface area contributed by atoms with Crippen LogP contribution in [0.15, 0.2) is 65.8 Å². The third-order valence-corrected chi connectivity index (χ3v) is 3.81. The van der Waals surface area contributed by atoms with Crippen molar-refractivity contribution in [1.29, 1.82) is 0 Å². The molecule has 0 atom stereocenters. The van der Waals surface area contributed by atoms with Gasteiger partial charge in [-0.15, -0.1) is 0 Å². The Morgan fingerprint density at radius 3 is 2.40 bits per heavy atom. The third kappa shape index (κ3) is 3.83. The molecule has 2 aromatic carbocycles. The molecule has 5 heteroatoms. The Bertz CT molecular complexity index is 907. The van der Waals surface area contributed by atoms with Crippen LogP contribution in [0, 0.1) is 6.92 Å². The lowest BCUT2D eigenvalue weighted by Gasteiger charge is -2.15. The number of aryl methyl sites for hydroxylation is 1. The minimum absolute atomic E-state index is 0.158. The number of phenolic OH excluding ortho intramolecular Hbond substituents is 1. The van der Waals surface area contributed by atoms with E-state index < -0.39 is 0 Å². The molecule has 0 radical (unpaired) electrons. The summed E-state index contributed by atoms with van der Waals surface area (Å²) in [5.41, 5.74) is 3.36. The number of hydrogen-bond donors (Lipinski definition) is 1. The molecule has 0 saturated carbocycles. The van der Waals surface area contributed by atoms with Gasteiger partial charge < -0.3 is 5.11 Å². The smallest absolute Gasteiger partial charge is 0.165 e. The number of benzene rings is 2. The molecule has 0 aliphatic carbocycles. The molecule has 1 heterocycles. The van der Waals surface area contributed by atoms with Crippen LogP contribution >= 0.6 is 0 Å². The molecule has 0 bridgehead atoms. The largest absolute Gasteiger partial charge is 0.507 e. The van der Waals surface area contributed by atoms with E-state index in [0.29, 0.717) is 17.2 Å². The molecule has 0 fully saturated rings. The minimum atomic E-state index is 0.158. The van der Waals surface area contributed by atoms with Crippen LogP contribution in [0.2, 0.25) is 0 Å². The number of hydrogen-bond acceptors (Lipinski definition) is 5. The second kappa shape index (κ2) is 7.13. The Balaban J connectivity index is 1.96. The molecule has 0 saturated heterocycles. The van der Waals surface area contributed by atoms with Gasteiger partial charge in [-0.2, -0.15) is 5.10 Å². The lowest BCUT2D eigenvalue weighted by Crippen LogP contribution is -2.14. The molecule has 3 aromatic rings. The monoisotopic (exact) mass is 332 g/mol. The number of aromatic nitrogens is 2. The molecular weight excluding hydrogens is 312 g/mol. The van der Waals surface area contributed by atoms with Crippen molar-refractivity contribution in [2.45, 2.75) is 13.8 Å². The summed E-state index contributed by atoms with van der Waals surface area (Å²) in [5.74, 6) is 1.30. The fourth-order valence-corrected chi connectivity index (χ4v) is 2.51. The number of anilines is 1. The first-order chi connectivity index (χ1) is 12.0. The van der Waals surface area contributed by atoms with Gasteiger partial charge in [0, 0.05) is 18.8 Å². The molecule has 0 unspecified atom stereocenters. The van der Waals surface area contributed by atoms with Crippen LogP contribution in [0.5, 0.6) is 5.75 Å². The van der Waals surface area contributed by atoms with E-state index in [0.717, 1.165) is 17.0 Å². The molecule has 25 heavy (non-hydrogen) atoms. The number of para-hydroxylation sites is 1. The topological polar surface area (TPSA) is 61.6 Å². The van der Waals surface area contributed by atoms with Gasteiger partial charge >= 0.3 is 0 Å². The second-order valence-corrected chi connectivity index (χ2v) is 5.78. The summed E-state index contributed by atoms with van der Waals surface area (Å²) in [6.07, 6.45) is 0. The van der Waals surface area contributed by atoms with Crippen molar-refractivity contribution in [1.82, 2.24) is 9.97 Å². The van der Waals surface area contributed by atoms with Crippen molar-refractivity contribution < 1.29 is 5.11 Å². The zero-order valence-electron chi connectivity index (χ0n) is 14.5. The summed E-state index contributed by atoms with van der Waals surface area (Å²) < 4.78 is 0. The van der Waals surface area contributed by atoms with E-state index in [1.54, 1.807) is 23.2 Å². The number of phenols is 1. The van der Waals surface area contributed by atoms with Crippen molar-refractivity contribution in [3.8, 4) is 17.1 Å². The summed E-state index contributed by atoms with van der Waals surface area (Å²) in [6.45, 7) is 3.86. The maximum absolute atomic E-state index is 10.1. The first kappa shape index (κ1) is 16.6. The van der Waals surface area contributed by atoms with E-state index in [1.807, 2.05) is 63.4 Å². The van der Waals surface area contributed by atoms with E-state index in [9.17, 15) is 5.11 Å². The van der Waals surface area contributed by atoms with Gasteiger partial charge in [0.05, 0.1) is 11.3 Å². The maximum Gasteiger partial charge on any atom is 0.165 e.